The van der Waals surface area contributed by atoms with Crippen LogP contribution in [0.1, 0.15) is 34.8 Å². The fourth-order valence-electron chi connectivity index (χ4n) is 2.91. The van der Waals surface area contributed by atoms with Crippen LogP contribution in [0.4, 0.5) is 8.78 Å². The van der Waals surface area contributed by atoms with Gasteiger partial charge in [0.2, 0.25) is 5.91 Å². The summed E-state index contributed by atoms with van der Waals surface area (Å²) in [6.07, 6.45) is 0.746. The number of halogens is 3. The minimum atomic E-state index is -2.92. The molecule has 0 saturated carbocycles. The van der Waals surface area contributed by atoms with Crippen molar-refractivity contribution in [1.29, 1.82) is 0 Å². The number of rotatable bonds is 8. The minimum absolute atomic E-state index is 0.0489. The summed E-state index contributed by atoms with van der Waals surface area (Å²) < 4.78 is 29.7. The number of thiazole rings is 1. The van der Waals surface area contributed by atoms with Crippen molar-refractivity contribution in [1.82, 2.24) is 10.3 Å². The van der Waals surface area contributed by atoms with Gasteiger partial charge in [-0.2, -0.15) is 8.78 Å². The normalized spacial score (nSPS) is 12.0. The number of para-hydroxylation sites is 1. The smallest absolute Gasteiger partial charge is 0.387 e. The molecule has 29 heavy (non-hydrogen) atoms. The number of hydrogen-bond donors (Lipinski definition) is 1. The number of carbonyl (C=O) groups is 1. The highest BCUT2D eigenvalue weighted by molar-refractivity contribution is 7.09. The Hall–Kier alpha value is -2.51. The molecule has 4 nitrogen and oxygen atoms in total. The van der Waals surface area contributed by atoms with Gasteiger partial charge in [-0.25, -0.2) is 4.98 Å². The molecule has 1 amide bonds. The van der Waals surface area contributed by atoms with E-state index in [2.05, 4.69) is 15.0 Å². The molecule has 1 N–H and O–H groups in total. The third-order valence-electron chi connectivity index (χ3n) is 4.16. The summed E-state index contributed by atoms with van der Waals surface area (Å²) >= 11 is 7.48. The number of hydrogen-bond acceptors (Lipinski definition) is 4. The van der Waals surface area contributed by atoms with E-state index in [1.165, 1.54) is 17.4 Å². The molecule has 0 aliphatic rings. The van der Waals surface area contributed by atoms with E-state index in [4.69, 9.17) is 11.6 Å². The van der Waals surface area contributed by atoms with Crippen molar-refractivity contribution in [2.24, 2.45) is 0 Å². The molecule has 3 rings (SSSR count). The monoisotopic (exact) mass is 436 g/mol. The molecule has 1 unspecified atom stereocenters. The molecule has 8 heteroatoms. The minimum Gasteiger partial charge on any atom is -0.434 e. The molecule has 0 radical (unpaired) electrons. The van der Waals surface area contributed by atoms with Gasteiger partial charge in [-0.05, 0) is 30.7 Å². The molecule has 2 aromatic carbocycles. The van der Waals surface area contributed by atoms with Crippen molar-refractivity contribution in [2.75, 3.05) is 0 Å². The number of alkyl halides is 2. The lowest BCUT2D eigenvalue weighted by molar-refractivity contribution is -0.121. The summed E-state index contributed by atoms with van der Waals surface area (Å²) in [6, 6.07) is 13.5. The summed E-state index contributed by atoms with van der Waals surface area (Å²) in [4.78, 5) is 16.9. The van der Waals surface area contributed by atoms with Gasteiger partial charge in [0.05, 0.1) is 23.2 Å². The first-order valence-electron chi connectivity index (χ1n) is 8.91. The second-order valence-electron chi connectivity index (χ2n) is 6.42. The van der Waals surface area contributed by atoms with Gasteiger partial charge >= 0.3 is 6.61 Å². The van der Waals surface area contributed by atoms with Crippen LogP contribution in [0.5, 0.6) is 5.75 Å². The van der Waals surface area contributed by atoms with Crippen LogP contribution in [-0.2, 0) is 17.6 Å². The Morgan fingerprint density at radius 3 is 2.79 bits per heavy atom. The molecule has 1 aromatic heterocycles. The first-order valence-corrected chi connectivity index (χ1v) is 10.2. The van der Waals surface area contributed by atoms with Gasteiger partial charge in [0.1, 0.15) is 5.75 Å². The largest absolute Gasteiger partial charge is 0.434 e. The summed E-state index contributed by atoms with van der Waals surface area (Å²) in [6.45, 7) is -1.20. The van der Waals surface area contributed by atoms with Crippen LogP contribution in [0.3, 0.4) is 0 Å². The summed E-state index contributed by atoms with van der Waals surface area (Å²) in [5, 5.41) is 6.21. The summed E-state index contributed by atoms with van der Waals surface area (Å²) in [5.41, 5.74) is 2.20. The van der Waals surface area contributed by atoms with E-state index < -0.39 is 12.7 Å². The van der Waals surface area contributed by atoms with Crippen molar-refractivity contribution in [3.8, 4) is 5.75 Å². The quantitative estimate of drug-likeness (QED) is 0.513. The number of amides is 1. The molecule has 0 spiro atoms. The van der Waals surface area contributed by atoms with E-state index in [0.717, 1.165) is 10.6 Å². The average Bonchev–Trinajstić information content (AvgIpc) is 3.08. The SMILES string of the molecule is CC(NC(=O)Cc1csc(Cc2cccc(Cl)c2)n1)c1ccccc1OC(F)F. The highest BCUT2D eigenvalue weighted by atomic mass is 35.5. The van der Waals surface area contributed by atoms with Gasteiger partial charge in [0.25, 0.3) is 0 Å². The molecule has 1 atom stereocenters. The lowest BCUT2D eigenvalue weighted by Crippen LogP contribution is -2.28. The Labute approximate surface area is 176 Å². The first-order chi connectivity index (χ1) is 13.9. The van der Waals surface area contributed by atoms with Crippen LogP contribution >= 0.6 is 22.9 Å². The molecule has 0 aliphatic heterocycles. The zero-order valence-corrected chi connectivity index (χ0v) is 17.1. The Morgan fingerprint density at radius 1 is 1.24 bits per heavy atom. The Morgan fingerprint density at radius 2 is 2.03 bits per heavy atom. The fraction of sp³-hybridized carbons (Fsp3) is 0.238. The highest BCUT2D eigenvalue weighted by Gasteiger charge is 2.17. The van der Waals surface area contributed by atoms with Crippen LogP contribution in [0, 0.1) is 0 Å². The molecule has 0 saturated heterocycles. The lowest BCUT2D eigenvalue weighted by Gasteiger charge is -2.17. The predicted molar refractivity (Wildman–Crippen MR) is 110 cm³/mol. The third kappa shape index (κ3) is 6.24. The first kappa shape index (κ1) is 21.2. The number of aromatic nitrogens is 1. The number of benzene rings is 2. The molecule has 0 fully saturated rings. The molecular weight excluding hydrogens is 418 g/mol. The van der Waals surface area contributed by atoms with Crippen LogP contribution in [0.15, 0.2) is 53.9 Å². The standard InChI is InChI=1S/C21H19ClF2N2O2S/c1-13(17-7-2-3-8-18(17)28-21(23)24)25-19(27)11-16-12-29-20(26-16)10-14-5-4-6-15(22)9-14/h2-9,12-13,21H,10-11H2,1H3,(H,25,27). The number of nitrogens with one attached hydrogen (secondary N) is 1. The van der Waals surface area contributed by atoms with Crippen LogP contribution in [-0.4, -0.2) is 17.5 Å². The van der Waals surface area contributed by atoms with Crippen molar-refractivity contribution in [2.45, 2.75) is 32.4 Å². The van der Waals surface area contributed by atoms with Gasteiger partial charge in [-0.3, -0.25) is 4.79 Å². The van der Waals surface area contributed by atoms with Crippen molar-refractivity contribution >= 4 is 28.8 Å². The van der Waals surface area contributed by atoms with E-state index >= 15 is 0 Å². The van der Waals surface area contributed by atoms with Crippen LogP contribution < -0.4 is 10.1 Å². The predicted octanol–water partition coefficient (Wildman–Crippen LogP) is 5.41. The second-order valence-corrected chi connectivity index (χ2v) is 7.80. The maximum Gasteiger partial charge on any atom is 0.387 e. The maximum absolute atomic E-state index is 12.6. The van der Waals surface area contributed by atoms with Crippen LogP contribution in [0.25, 0.3) is 0 Å². The van der Waals surface area contributed by atoms with E-state index in [1.807, 2.05) is 29.6 Å². The van der Waals surface area contributed by atoms with E-state index in [-0.39, 0.29) is 18.1 Å². The highest BCUT2D eigenvalue weighted by Crippen LogP contribution is 2.26. The van der Waals surface area contributed by atoms with E-state index in [0.29, 0.717) is 22.7 Å². The zero-order valence-electron chi connectivity index (χ0n) is 15.6. The van der Waals surface area contributed by atoms with Crippen molar-refractivity contribution in [3.05, 3.63) is 80.8 Å². The van der Waals surface area contributed by atoms with Gasteiger partial charge in [0, 0.05) is 22.4 Å². The third-order valence-corrected chi connectivity index (χ3v) is 5.30. The second kappa shape index (κ2) is 9.80. The molecule has 1 heterocycles. The van der Waals surface area contributed by atoms with Gasteiger partial charge < -0.3 is 10.1 Å². The summed E-state index contributed by atoms with van der Waals surface area (Å²) in [5.74, 6) is -0.197. The maximum atomic E-state index is 12.6. The van der Waals surface area contributed by atoms with Crippen molar-refractivity contribution in [3.63, 3.8) is 0 Å². The molecular formula is C21H19ClF2N2O2S. The fourth-order valence-corrected chi connectivity index (χ4v) is 3.95. The van der Waals surface area contributed by atoms with Gasteiger partial charge in [-0.15, -0.1) is 11.3 Å². The number of ether oxygens (including phenoxy) is 1. The Kier molecular flexibility index (Phi) is 7.17. The lowest BCUT2D eigenvalue weighted by atomic mass is 10.1. The average molecular weight is 437 g/mol. The van der Waals surface area contributed by atoms with Crippen LogP contribution in [0.2, 0.25) is 5.02 Å². The summed E-state index contributed by atoms with van der Waals surface area (Å²) in [7, 11) is 0. The molecule has 3 aromatic rings. The van der Waals surface area contributed by atoms with E-state index in [9.17, 15) is 13.6 Å². The Bertz CT molecular complexity index is 981. The van der Waals surface area contributed by atoms with Crippen molar-refractivity contribution < 1.29 is 18.3 Å². The number of nitrogens with zero attached hydrogens (tertiary/aromatic N) is 1. The van der Waals surface area contributed by atoms with E-state index in [1.54, 1.807) is 25.1 Å². The molecule has 0 bridgehead atoms. The zero-order chi connectivity index (χ0) is 20.8. The topological polar surface area (TPSA) is 51.2 Å². The number of carbonyl (C=O) groups excluding carboxylic acids is 1. The van der Waals surface area contributed by atoms with Gasteiger partial charge in [-0.1, -0.05) is 41.9 Å². The molecule has 0 aliphatic carbocycles. The van der Waals surface area contributed by atoms with Gasteiger partial charge in [0.15, 0.2) is 0 Å². The Balaban J connectivity index is 1.59. The molecule has 152 valence electrons.